The number of thiazole rings is 2. The van der Waals surface area contributed by atoms with E-state index in [-0.39, 0.29) is 70.4 Å². The van der Waals surface area contributed by atoms with Crippen molar-refractivity contribution < 1.29 is 38.4 Å². The average molecular weight is 1180 g/mol. The van der Waals surface area contributed by atoms with Gasteiger partial charge in [-0.2, -0.15) is 0 Å². The lowest BCUT2D eigenvalue weighted by Crippen LogP contribution is -2.57. The van der Waals surface area contributed by atoms with E-state index in [0.717, 1.165) is 98.0 Å². The molecule has 84 heavy (non-hydrogen) atoms. The average Bonchev–Trinajstić information content (AvgIpc) is 4.02. The van der Waals surface area contributed by atoms with Gasteiger partial charge in [0.25, 0.3) is 11.8 Å². The van der Waals surface area contributed by atoms with Gasteiger partial charge in [-0.15, -0.1) is 0 Å². The lowest BCUT2D eigenvalue weighted by molar-refractivity contribution is -0.142. The molecule has 2 saturated heterocycles. The summed E-state index contributed by atoms with van der Waals surface area (Å²) in [5.41, 5.74) is 3.82. The molecule has 2 aromatic heterocycles. The molecule has 0 spiro atoms. The molecular weight excluding hydrogens is 1100 g/mol. The van der Waals surface area contributed by atoms with Crippen LogP contribution >= 0.6 is 22.7 Å². The van der Waals surface area contributed by atoms with E-state index in [1.807, 2.05) is 84.9 Å². The van der Waals surface area contributed by atoms with Crippen molar-refractivity contribution in [3.8, 4) is 22.5 Å². The van der Waals surface area contributed by atoms with Crippen molar-refractivity contribution in [2.45, 2.75) is 153 Å². The Morgan fingerprint density at radius 1 is 0.500 bits per heavy atom. The highest BCUT2D eigenvalue weighted by molar-refractivity contribution is 7.18. The topological polar surface area (TPSA) is 265 Å². The number of hydrogen-bond donors (Lipinski definition) is 8. The van der Waals surface area contributed by atoms with Gasteiger partial charge in [-0.25, -0.2) is 9.97 Å². The van der Waals surface area contributed by atoms with Gasteiger partial charge in [-0.3, -0.25) is 38.4 Å². The summed E-state index contributed by atoms with van der Waals surface area (Å²) >= 11 is 2.10. The molecule has 9 rings (SSSR count). The van der Waals surface area contributed by atoms with Crippen LogP contribution in [0.25, 0.3) is 22.5 Å². The van der Waals surface area contributed by atoms with E-state index in [1.54, 1.807) is 37.7 Å². The SMILES string of the molecule is CN[C@@H](C)C(=O)N[C@H](C(=O)N1CCC[C@H]1C(=O)Nc1sc(C(=O)NCc2ccc(CNC(=O)c3nc(-c4ccccc4)c(NC(=O)C4CCCN4C(=O)[C@H](NC(=O)[C@@H](C)NC)C4CCCCC4)s3)cc2)nc1-c1ccccc1)C1CCCCC1. The minimum Gasteiger partial charge on any atom is -0.346 e. The first-order chi connectivity index (χ1) is 40.7. The van der Waals surface area contributed by atoms with Crippen LogP contribution in [0.5, 0.6) is 0 Å². The summed E-state index contributed by atoms with van der Waals surface area (Å²) < 4.78 is 0. The molecule has 4 aliphatic rings. The van der Waals surface area contributed by atoms with E-state index in [2.05, 4.69) is 42.5 Å². The fourth-order valence-corrected chi connectivity index (χ4v) is 13.6. The molecule has 446 valence electrons. The standard InChI is InChI=1S/C62H78N12O8S2/c1-37(63-3)51(75)67-49(43-23-13-7-14-24-43)61(81)73-33-17-27-45(73)53(77)71-57-47(41-19-9-5-10-20-41)69-59(83-57)55(79)65-35-39-29-31-40(32-30-39)36-66-56(80)60-70-48(42-21-11-6-12-22-42)58(84-60)72-54(78)46-28-18-34-74(46)62(82)50(44-25-15-8-16-26-44)68-52(76)38(2)64-4/h5-6,9-12,19-22,29-32,37-38,43-46,49-50,63-64H,7-8,13-18,23-28,33-36H2,1-4H3,(H,65,79)(H,66,80)(H,67,75)(H,68,76)(H,71,77)(H,72,78)/t37-,38+,45-,46?,49-,50+/m0/s1. The predicted octanol–water partition coefficient (Wildman–Crippen LogP) is 7.00. The molecule has 8 amide bonds. The lowest BCUT2D eigenvalue weighted by Gasteiger charge is -2.35. The van der Waals surface area contributed by atoms with Crippen LogP contribution in [-0.2, 0) is 41.9 Å². The molecule has 3 aromatic carbocycles. The second-order valence-electron chi connectivity index (χ2n) is 22.5. The number of likely N-dealkylation sites (tertiary alicyclic amines) is 2. The molecule has 2 aliphatic heterocycles. The molecule has 20 nitrogen and oxygen atoms in total. The van der Waals surface area contributed by atoms with Crippen molar-refractivity contribution in [3.05, 3.63) is 106 Å². The second-order valence-corrected chi connectivity index (χ2v) is 24.5. The van der Waals surface area contributed by atoms with Crippen molar-refractivity contribution in [1.29, 1.82) is 0 Å². The molecule has 4 fully saturated rings. The molecule has 4 heterocycles. The van der Waals surface area contributed by atoms with Gasteiger partial charge in [-0.05, 0) is 102 Å². The molecule has 6 atom stereocenters. The lowest BCUT2D eigenvalue weighted by atomic mass is 9.83. The number of benzene rings is 3. The maximum Gasteiger partial charge on any atom is 0.280 e. The highest BCUT2D eigenvalue weighted by atomic mass is 32.1. The monoisotopic (exact) mass is 1180 g/mol. The van der Waals surface area contributed by atoms with Crippen LogP contribution in [-0.4, -0.2) is 130 Å². The van der Waals surface area contributed by atoms with Gasteiger partial charge in [0, 0.05) is 37.3 Å². The van der Waals surface area contributed by atoms with E-state index in [9.17, 15) is 38.4 Å². The summed E-state index contributed by atoms with van der Waals surface area (Å²) in [7, 11) is 3.40. The minimum atomic E-state index is -0.775. The third-order valence-electron chi connectivity index (χ3n) is 16.8. The first-order valence-electron chi connectivity index (χ1n) is 29.7. The molecule has 0 bridgehead atoms. The second kappa shape index (κ2) is 28.9. The Balaban J connectivity index is 0.820. The largest absolute Gasteiger partial charge is 0.346 e. The predicted molar refractivity (Wildman–Crippen MR) is 325 cm³/mol. The Bertz CT molecular complexity index is 2920. The van der Waals surface area contributed by atoms with E-state index < -0.39 is 48.1 Å². The summed E-state index contributed by atoms with van der Waals surface area (Å²) in [4.78, 5) is 124. The van der Waals surface area contributed by atoms with Crippen LogP contribution < -0.4 is 42.5 Å². The number of carbonyl (C=O) groups is 8. The van der Waals surface area contributed by atoms with Gasteiger partial charge in [-0.1, -0.05) is 146 Å². The van der Waals surface area contributed by atoms with Crippen LogP contribution in [0.4, 0.5) is 10.0 Å². The number of nitrogens with one attached hydrogen (secondary N) is 8. The Labute approximate surface area is 498 Å². The fraction of sp³-hybridized carbons (Fsp3) is 0.484. The fourth-order valence-electron chi connectivity index (χ4n) is 11.7. The molecule has 2 aliphatic carbocycles. The summed E-state index contributed by atoms with van der Waals surface area (Å²) in [5, 5.41) is 25.0. The quantitative estimate of drug-likeness (QED) is 0.0348. The Kier molecular flexibility index (Phi) is 21.1. The highest BCUT2D eigenvalue weighted by Gasteiger charge is 2.43. The van der Waals surface area contributed by atoms with Crippen molar-refractivity contribution in [2.75, 3.05) is 37.8 Å². The van der Waals surface area contributed by atoms with Crippen LogP contribution in [0.1, 0.15) is 134 Å². The van der Waals surface area contributed by atoms with Crippen molar-refractivity contribution in [3.63, 3.8) is 0 Å². The van der Waals surface area contributed by atoms with Gasteiger partial charge >= 0.3 is 0 Å². The Morgan fingerprint density at radius 3 is 1.23 bits per heavy atom. The third kappa shape index (κ3) is 14.9. The van der Waals surface area contributed by atoms with Crippen LogP contribution in [0.2, 0.25) is 0 Å². The number of hydrogen-bond acceptors (Lipinski definition) is 14. The third-order valence-corrected chi connectivity index (χ3v) is 18.8. The maximum absolute atomic E-state index is 14.4. The normalized spacial score (nSPS) is 18.9. The zero-order chi connectivity index (χ0) is 59.3. The Hall–Kier alpha value is -7.40. The molecule has 1 unspecified atom stereocenters. The molecular formula is C62H78N12O8S2. The van der Waals surface area contributed by atoms with E-state index in [1.165, 1.54) is 0 Å². The number of rotatable bonds is 22. The molecule has 22 heteroatoms. The van der Waals surface area contributed by atoms with E-state index in [0.29, 0.717) is 71.3 Å². The summed E-state index contributed by atoms with van der Waals surface area (Å²) in [6, 6.07) is 21.9. The van der Waals surface area contributed by atoms with Crippen LogP contribution in [0, 0.1) is 11.8 Å². The minimum absolute atomic E-state index is 0.0243. The van der Waals surface area contributed by atoms with Crippen LogP contribution in [0.3, 0.4) is 0 Å². The molecule has 2 saturated carbocycles. The van der Waals surface area contributed by atoms with Gasteiger partial charge in [0.15, 0.2) is 10.0 Å². The summed E-state index contributed by atoms with van der Waals surface area (Å²) in [6.45, 7) is 4.59. The zero-order valence-electron chi connectivity index (χ0n) is 48.3. The smallest absolute Gasteiger partial charge is 0.280 e. The van der Waals surface area contributed by atoms with Gasteiger partial charge < -0.3 is 52.3 Å². The summed E-state index contributed by atoms with van der Waals surface area (Å²) in [5.74, 6) is -2.73. The van der Waals surface area contributed by atoms with E-state index >= 15 is 0 Å². The highest BCUT2D eigenvalue weighted by Crippen LogP contribution is 2.37. The van der Waals surface area contributed by atoms with Crippen molar-refractivity contribution in [2.24, 2.45) is 11.8 Å². The van der Waals surface area contributed by atoms with E-state index in [4.69, 9.17) is 9.97 Å². The first-order valence-corrected chi connectivity index (χ1v) is 31.3. The number of anilines is 2. The molecule has 5 aromatic rings. The number of aromatic nitrogens is 2. The van der Waals surface area contributed by atoms with Crippen molar-refractivity contribution in [1.82, 2.24) is 51.7 Å². The van der Waals surface area contributed by atoms with Crippen LogP contribution in [0.15, 0.2) is 84.9 Å². The van der Waals surface area contributed by atoms with Gasteiger partial charge in [0.1, 0.15) is 45.6 Å². The van der Waals surface area contributed by atoms with Gasteiger partial charge in [0.2, 0.25) is 35.4 Å². The maximum atomic E-state index is 14.4. The van der Waals surface area contributed by atoms with Crippen molar-refractivity contribution >= 4 is 79.9 Å². The number of amides is 8. The summed E-state index contributed by atoms with van der Waals surface area (Å²) in [6.07, 6.45) is 11.5. The Morgan fingerprint density at radius 2 is 0.869 bits per heavy atom. The first kappa shape index (κ1) is 61.2. The number of nitrogens with zero attached hydrogens (tertiary/aromatic N) is 4. The van der Waals surface area contributed by atoms with Gasteiger partial charge in [0.05, 0.1) is 12.1 Å². The molecule has 8 N–H and O–H groups in total. The number of carbonyl (C=O) groups excluding carboxylic acids is 8. The zero-order valence-corrected chi connectivity index (χ0v) is 49.9. The number of likely N-dealkylation sites (N-methyl/N-ethyl adjacent to an activating group) is 2. The molecule has 0 radical (unpaired) electrons.